The standard InChI is InChI=1S/C22H23N3O2/c1-15-21(17-9-11-25(15)12-10-17)24-22(26)18-5-7-19(8-6-18)27-20-4-2-3-16(13-20)14-23/h2-8,13,15,17,21H,9-12H2,1H3,(H,24,26). The maximum absolute atomic E-state index is 12.7. The largest absolute Gasteiger partial charge is 0.457 e. The van der Waals surface area contributed by atoms with Crippen LogP contribution in [0.2, 0.25) is 0 Å². The van der Waals surface area contributed by atoms with Crippen LogP contribution in [0.25, 0.3) is 0 Å². The van der Waals surface area contributed by atoms with Crippen LogP contribution in [0.1, 0.15) is 35.7 Å². The highest BCUT2D eigenvalue weighted by Gasteiger charge is 2.40. The predicted octanol–water partition coefficient (Wildman–Crippen LogP) is 3.56. The summed E-state index contributed by atoms with van der Waals surface area (Å²) in [4.78, 5) is 15.2. The van der Waals surface area contributed by atoms with Gasteiger partial charge in [0.1, 0.15) is 11.5 Å². The zero-order valence-corrected chi connectivity index (χ0v) is 15.4. The third-order valence-electron chi connectivity index (χ3n) is 5.79. The van der Waals surface area contributed by atoms with Crippen molar-refractivity contribution in [3.05, 3.63) is 59.7 Å². The molecule has 2 unspecified atom stereocenters. The minimum atomic E-state index is -0.0290. The Morgan fingerprint density at radius 2 is 1.89 bits per heavy atom. The van der Waals surface area contributed by atoms with Crippen molar-refractivity contribution >= 4 is 5.91 Å². The molecule has 1 N–H and O–H groups in total. The predicted molar refractivity (Wildman–Crippen MR) is 103 cm³/mol. The fourth-order valence-corrected chi connectivity index (χ4v) is 4.22. The number of carbonyl (C=O) groups is 1. The summed E-state index contributed by atoms with van der Waals surface area (Å²) in [6, 6.07) is 16.9. The fraction of sp³-hybridized carbons (Fsp3) is 0.364. The van der Waals surface area contributed by atoms with E-state index in [2.05, 4.69) is 23.2 Å². The Labute approximate surface area is 159 Å². The average molecular weight is 361 g/mol. The highest BCUT2D eigenvalue weighted by atomic mass is 16.5. The lowest BCUT2D eigenvalue weighted by Crippen LogP contribution is -2.62. The number of hydrogen-bond donors (Lipinski definition) is 1. The van der Waals surface area contributed by atoms with Crippen molar-refractivity contribution < 1.29 is 9.53 Å². The van der Waals surface area contributed by atoms with Crippen molar-refractivity contribution in [1.29, 1.82) is 5.26 Å². The first-order valence-electron chi connectivity index (χ1n) is 9.47. The number of ether oxygens (including phenoxy) is 1. The number of amides is 1. The summed E-state index contributed by atoms with van der Waals surface area (Å²) in [6.45, 7) is 4.51. The van der Waals surface area contributed by atoms with Crippen molar-refractivity contribution in [1.82, 2.24) is 10.2 Å². The first-order valence-corrected chi connectivity index (χ1v) is 9.47. The number of rotatable bonds is 4. The number of nitriles is 1. The number of fused-ring (bicyclic) bond motifs is 3. The van der Waals surface area contributed by atoms with E-state index in [1.54, 1.807) is 48.5 Å². The molecule has 2 aromatic rings. The van der Waals surface area contributed by atoms with Gasteiger partial charge in [-0.15, -0.1) is 0 Å². The van der Waals surface area contributed by atoms with Crippen LogP contribution in [0.5, 0.6) is 11.5 Å². The molecule has 2 aromatic carbocycles. The van der Waals surface area contributed by atoms with E-state index in [-0.39, 0.29) is 11.9 Å². The van der Waals surface area contributed by atoms with E-state index >= 15 is 0 Å². The van der Waals surface area contributed by atoms with Crippen molar-refractivity contribution in [2.24, 2.45) is 5.92 Å². The quantitative estimate of drug-likeness (QED) is 0.904. The minimum absolute atomic E-state index is 0.0290. The molecular formula is C22H23N3O2. The summed E-state index contributed by atoms with van der Waals surface area (Å²) >= 11 is 0. The molecule has 3 fully saturated rings. The number of hydrogen-bond acceptors (Lipinski definition) is 4. The highest BCUT2D eigenvalue weighted by Crippen LogP contribution is 2.32. The van der Waals surface area contributed by atoms with Crippen LogP contribution in [-0.2, 0) is 0 Å². The first kappa shape index (κ1) is 17.6. The molecule has 5 rings (SSSR count). The summed E-state index contributed by atoms with van der Waals surface area (Å²) in [5.41, 5.74) is 1.19. The average Bonchev–Trinajstić information content (AvgIpc) is 2.71. The number of nitrogens with one attached hydrogen (secondary N) is 1. The lowest BCUT2D eigenvalue weighted by atomic mass is 9.79. The highest BCUT2D eigenvalue weighted by molar-refractivity contribution is 5.94. The van der Waals surface area contributed by atoms with Crippen LogP contribution in [0.4, 0.5) is 0 Å². The Morgan fingerprint density at radius 1 is 1.15 bits per heavy atom. The van der Waals surface area contributed by atoms with E-state index < -0.39 is 0 Å². The molecule has 3 saturated heterocycles. The molecule has 1 amide bonds. The molecule has 2 bridgehead atoms. The van der Waals surface area contributed by atoms with Crippen molar-refractivity contribution in [2.75, 3.05) is 13.1 Å². The molecule has 138 valence electrons. The van der Waals surface area contributed by atoms with E-state index in [1.807, 2.05) is 0 Å². The molecule has 3 aliphatic heterocycles. The van der Waals surface area contributed by atoms with E-state index in [9.17, 15) is 4.79 Å². The number of nitrogens with zero attached hydrogens (tertiary/aromatic N) is 2. The lowest BCUT2D eigenvalue weighted by molar-refractivity contribution is 0.0217. The molecule has 5 heteroatoms. The van der Waals surface area contributed by atoms with Crippen LogP contribution < -0.4 is 10.1 Å². The first-order chi connectivity index (χ1) is 13.1. The van der Waals surface area contributed by atoms with E-state index in [1.165, 1.54) is 12.8 Å². The van der Waals surface area contributed by atoms with Crippen molar-refractivity contribution in [3.8, 4) is 17.6 Å². The van der Waals surface area contributed by atoms with Gasteiger partial charge in [0, 0.05) is 17.6 Å². The van der Waals surface area contributed by atoms with E-state index in [0.717, 1.165) is 13.1 Å². The lowest BCUT2D eigenvalue weighted by Gasteiger charge is -2.49. The molecule has 2 atom stereocenters. The maximum Gasteiger partial charge on any atom is 0.251 e. The number of benzene rings is 2. The van der Waals surface area contributed by atoms with Crippen LogP contribution in [0.3, 0.4) is 0 Å². The van der Waals surface area contributed by atoms with Gasteiger partial charge in [0.25, 0.3) is 5.91 Å². The third kappa shape index (κ3) is 3.67. The Balaban J connectivity index is 1.41. The monoisotopic (exact) mass is 361 g/mol. The Hall–Kier alpha value is -2.84. The number of carbonyl (C=O) groups excluding carboxylic acids is 1. The molecule has 3 heterocycles. The van der Waals surface area contributed by atoms with Gasteiger partial charge >= 0.3 is 0 Å². The summed E-state index contributed by atoms with van der Waals surface area (Å²) in [5.74, 6) is 1.80. The summed E-state index contributed by atoms with van der Waals surface area (Å²) in [7, 11) is 0. The summed E-state index contributed by atoms with van der Waals surface area (Å²) in [5, 5.41) is 12.2. The van der Waals surface area contributed by atoms with E-state index in [0.29, 0.717) is 34.6 Å². The third-order valence-corrected chi connectivity index (χ3v) is 5.79. The molecule has 0 radical (unpaired) electrons. The Bertz CT molecular complexity index is 862. The van der Waals surface area contributed by atoms with Gasteiger partial charge in [-0.2, -0.15) is 5.26 Å². The van der Waals surface area contributed by atoms with Crippen LogP contribution in [0.15, 0.2) is 48.5 Å². The molecule has 0 aromatic heterocycles. The second kappa shape index (κ2) is 7.42. The zero-order valence-electron chi connectivity index (χ0n) is 15.4. The van der Waals surface area contributed by atoms with Gasteiger partial charge < -0.3 is 10.1 Å². The van der Waals surface area contributed by atoms with Gasteiger partial charge in [-0.1, -0.05) is 6.07 Å². The van der Waals surface area contributed by atoms with Crippen molar-refractivity contribution in [2.45, 2.75) is 31.8 Å². The molecular weight excluding hydrogens is 338 g/mol. The van der Waals surface area contributed by atoms with Crippen LogP contribution >= 0.6 is 0 Å². The van der Waals surface area contributed by atoms with Crippen molar-refractivity contribution in [3.63, 3.8) is 0 Å². The normalized spacial score (nSPS) is 26.2. The SMILES string of the molecule is CC1C(NC(=O)c2ccc(Oc3cccc(C#N)c3)cc2)C2CCN1CC2. The zero-order chi connectivity index (χ0) is 18.8. The molecule has 0 saturated carbocycles. The minimum Gasteiger partial charge on any atom is -0.457 e. The number of piperidine rings is 3. The Morgan fingerprint density at radius 3 is 2.56 bits per heavy atom. The molecule has 0 spiro atoms. The summed E-state index contributed by atoms with van der Waals surface area (Å²) < 4.78 is 5.77. The molecule has 3 aliphatic rings. The van der Waals surface area contributed by atoms with Gasteiger partial charge in [0.15, 0.2) is 0 Å². The Kier molecular flexibility index (Phi) is 4.83. The topological polar surface area (TPSA) is 65.4 Å². The second-order valence-electron chi connectivity index (χ2n) is 7.38. The van der Waals surface area contributed by atoms with Gasteiger partial charge in [0.05, 0.1) is 11.6 Å². The molecule has 0 aliphatic carbocycles. The molecule has 5 nitrogen and oxygen atoms in total. The second-order valence-corrected chi connectivity index (χ2v) is 7.38. The summed E-state index contributed by atoms with van der Waals surface area (Å²) in [6.07, 6.45) is 2.34. The van der Waals surface area contributed by atoms with Gasteiger partial charge in [-0.25, -0.2) is 0 Å². The van der Waals surface area contributed by atoms with Gasteiger partial charge in [-0.3, -0.25) is 9.69 Å². The fourth-order valence-electron chi connectivity index (χ4n) is 4.22. The maximum atomic E-state index is 12.7. The van der Waals surface area contributed by atoms with Gasteiger partial charge in [0.2, 0.25) is 0 Å². The smallest absolute Gasteiger partial charge is 0.251 e. The van der Waals surface area contributed by atoms with Crippen LogP contribution in [0, 0.1) is 17.2 Å². The van der Waals surface area contributed by atoms with E-state index in [4.69, 9.17) is 10.00 Å². The van der Waals surface area contributed by atoms with Crippen LogP contribution in [-0.4, -0.2) is 36.0 Å². The van der Waals surface area contributed by atoms with Gasteiger partial charge in [-0.05, 0) is 81.2 Å². The molecule has 27 heavy (non-hydrogen) atoms.